The van der Waals surface area contributed by atoms with Gasteiger partial charge in [0.2, 0.25) is 0 Å². The van der Waals surface area contributed by atoms with Crippen LogP contribution in [0.25, 0.3) is 0 Å². The van der Waals surface area contributed by atoms with Gasteiger partial charge in [-0.1, -0.05) is 35.3 Å². The molecular weight excluding hydrogens is 291 g/mol. The van der Waals surface area contributed by atoms with E-state index in [1.54, 1.807) is 18.2 Å². The zero-order valence-corrected chi connectivity index (χ0v) is 12.0. The van der Waals surface area contributed by atoms with Gasteiger partial charge in [0, 0.05) is 17.0 Å². The van der Waals surface area contributed by atoms with Crippen molar-refractivity contribution in [2.45, 2.75) is 12.8 Å². The minimum Gasteiger partial charge on any atom is -0.455 e. The molecule has 0 aliphatic carbocycles. The lowest BCUT2D eigenvalue weighted by Gasteiger charge is -2.11. The van der Waals surface area contributed by atoms with Gasteiger partial charge in [-0.05, 0) is 36.2 Å². The fourth-order valence-corrected chi connectivity index (χ4v) is 2.07. The lowest BCUT2D eigenvalue weighted by Crippen LogP contribution is -1.90. The number of rotatable bonds is 3. The Balaban J connectivity index is 2.31. The maximum atomic E-state index is 6.05. The molecule has 0 saturated carbocycles. The van der Waals surface area contributed by atoms with Crippen molar-refractivity contribution < 1.29 is 4.74 Å². The molecule has 2 aromatic carbocycles. The van der Waals surface area contributed by atoms with Crippen molar-refractivity contribution in [2.75, 3.05) is 0 Å². The molecule has 1 nitrogen and oxygen atoms in total. The SMILES string of the molecule is Cc1cc(CCl)ccc1Oc1cc(Cl)ccc1Cl. The van der Waals surface area contributed by atoms with Crippen LogP contribution in [0.1, 0.15) is 11.1 Å². The number of ether oxygens (including phenoxy) is 1. The number of aryl methyl sites for hydroxylation is 1. The van der Waals surface area contributed by atoms with E-state index >= 15 is 0 Å². The Labute approximate surface area is 121 Å². The van der Waals surface area contributed by atoms with E-state index in [1.807, 2.05) is 25.1 Å². The van der Waals surface area contributed by atoms with Crippen LogP contribution in [0, 0.1) is 6.92 Å². The summed E-state index contributed by atoms with van der Waals surface area (Å²) < 4.78 is 5.76. The van der Waals surface area contributed by atoms with Gasteiger partial charge in [-0.3, -0.25) is 0 Å². The zero-order valence-electron chi connectivity index (χ0n) is 9.71. The number of halogens is 3. The Morgan fingerprint density at radius 2 is 1.78 bits per heavy atom. The summed E-state index contributed by atoms with van der Waals surface area (Å²) in [6, 6.07) is 10.9. The molecule has 0 bridgehead atoms. The van der Waals surface area contributed by atoms with Gasteiger partial charge in [-0.25, -0.2) is 0 Å². The minimum absolute atomic E-state index is 0.485. The number of benzene rings is 2. The molecule has 0 amide bonds. The smallest absolute Gasteiger partial charge is 0.147 e. The van der Waals surface area contributed by atoms with Crippen LogP contribution in [-0.2, 0) is 5.88 Å². The lowest BCUT2D eigenvalue weighted by molar-refractivity contribution is 0.479. The molecule has 0 heterocycles. The van der Waals surface area contributed by atoms with E-state index in [2.05, 4.69) is 0 Å². The summed E-state index contributed by atoms with van der Waals surface area (Å²) in [5, 5.41) is 1.12. The van der Waals surface area contributed by atoms with Crippen molar-refractivity contribution in [3.63, 3.8) is 0 Å². The van der Waals surface area contributed by atoms with Crippen molar-refractivity contribution in [3.05, 3.63) is 57.6 Å². The average molecular weight is 302 g/mol. The summed E-state index contributed by atoms with van der Waals surface area (Å²) in [5.74, 6) is 1.78. The fourth-order valence-electron chi connectivity index (χ4n) is 1.58. The Morgan fingerprint density at radius 1 is 1.00 bits per heavy atom. The van der Waals surface area contributed by atoms with Gasteiger partial charge < -0.3 is 4.74 Å². The lowest BCUT2D eigenvalue weighted by atomic mass is 10.1. The Kier molecular flexibility index (Phi) is 4.39. The third-order valence-corrected chi connectivity index (χ3v) is 3.36. The Morgan fingerprint density at radius 3 is 2.44 bits per heavy atom. The zero-order chi connectivity index (χ0) is 13.1. The topological polar surface area (TPSA) is 9.23 Å². The molecule has 4 heteroatoms. The maximum absolute atomic E-state index is 6.05. The molecule has 0 aliphatic heterocycles. The van der Waals surface area contributed by atoms with Crippen molar-refractivity contribution in [2.24, 2.45) is 0 Å². The molecule has 0 atom stereocenters. The highest BCUT2D eigenvalue weighted by Crippen LogP contribution is 2.33. The molecule has 0 aromatic heterocycles. The van der Waals surface area contributed by atoms with Gasteiger partial charge in [0.1, 0.15) is 11.5 Å². The fraction of sp³-hybridized carbons (Fsp3) is 0.143. The predicted octanol–water partition coefficient (Wildman–Crippen LogP) is 5.83. The molecule has 0 N–H and O–H groups in total. The van der Waals surface area contributed by atoms with Gasteiger partial charge in [-0.15, -0.1) is 11.6 Å². The van der Waals surface area contributed by atoms with E-state index in [9.17, 15) is 0 Å². The van der Waals surface area contributed by atoms with E-state index in [4.69, 9.17) is 39.5 Å². The van der Waals surface area contributed by atoms with Gasteiger partial charge in [0.15, 0.2) is 0 Å². The van der Waals surface area contributed by atoms with Crippen LogP contribution in [0.4, 0.5) is 0 Å². The van der Waals surface area contributed by atoms with E-state index in [-0.39, 0.29) is 0 Å². The van der Waals surface area contributed by atoms with Gasteiger partial charge in [-0.2, -0.15) is 0 Å². The first-order valence-corrected chi connectivity index (χ1v) is 6.67. The van der Waals surface area contributed by atoms with Crippen LogP contribution in [0.3, 0.4) is 0 Å². The maximum Gasteiger partial charge on any atom is 0.147 e. The second-order valence-corrected chi connectivity index (χ2v) is 5.02. The third kappa shape index (κ3) is 3.11. The first kappa shape index (κ1) is 13.5. The normalized spacial score (nSPS) is 10.4. The molecule has 0 aliphatic rings. The summed E-state index contributed by atoms with van der Waals surface area (Å²) in [5.41, 5.74) is 2.06. The van der Waals surface area contributed by atoms with Crippen LogP contribution in [0.5, 0.6) is 11.5 Å². The summed E-state index contributed by atoms with van der Waals surface area (Å²) in [4.78, 5) is 0. The monoisotopic (exact) mass is 300 g/mol. The van der Waals surface area contributed by atoms with Gasteiger partial charge in [0.05, 0.1) is 5.02 Å². The van der Waals surface area contributed by atoms with Crippen molar-refractivity contribution in [1.29, 1.82) is 0 Å². The molecule has 0 fully saturated rings. The quantitative estimate of drug-likeness (QED) is 0.648. The second-order valence-electron chi connectivity index (χ2n) is 3.91. The second kappa shape index (κ2) is 5.83. The third-order valence-electron chi connectivity index (χ3n) is 2.51. The highest BCUT2D eigenvalue weighted by atomic mass is 35.5. The summed E-state index contributed by atoms with van der Waals surface area (Å²) in [7, 11) is 0. The van der Waals surface area contributed by atoms with Crippen LogP contribution < -0.4 is 4.74 Å². The first-order valence-electron chi connectivity index (χ1n) is 5.38. The van der Waals surface area contributed by atoms with Crippen LogP contribution in [0.15, 0.2) is 36.4 Å². The number of hydrogen-bond acceptors (Lipinski definition) is 1. The number of alkyl halides is 1. The van der Waals surface area contributed by atoms with Crippen molar-refractivity contribution in [1.82, 2.24) is 0 Å². The largest absolute Gasteiger partial charge is 0.455 e. The van der Waals surface area contributed by atoms with E-state index in [0.29, 0.717) is 21.7 Å². The van der Waals surface area contributed by atoms with Gasteiger partial charge >= 0.3 is 0 Å². The number of hydrogen-bond donors (Lipinski definition) is 0. The van der Waals surface area contributed by atoms with E-state index in [1.165, 1.54) is 0 Å². The summed E-state index contributed by atoms with van der Waals surface area (Å²) in [6.45, 7) is 1.96. The van der Waals surface area contributed by atoms with E-state index < -0.39 is 0 Å². The van der Waals surface area contributed by atoms with Crippen molar-refractivity contribution >= 4 is 34.8 Å². The Bertz CT molecular complexity index is 567. The van der Waals surface area contributed by atoms with Crippen LogP contribution >= 0.6 is 34.8 Å². The highest BCUT2D eigenvalue weighted by molar-refractivity contribution is 6.34. The molecule has 0 unspecified atom stereocenters. The van der Waals surface area contributed by atoms with E-state index in [0.717, 1.165) is 16.9 Å². The van der Waals surface area contributed by atoms with Crippen LogP contribution in [-0.4, -0.2) is 0 Å². The molecule has 0 saturated heterocycles. The average Bonchev–Trinajstić information content (AvgIpc) is 2.36. The Hall–Kier alpha value is -0.890. The molecule has 0 spiro atoms. The summed E-state index contributed by atoms with van der Waals surface area (Å²) in [6.07, 6.45) is 0. The molecule has 2 rings (SSSR count). The summed E-state index contributed by atoms with van der Waals surface area (Å²) >= 11 is 17.7. The molecule has 94 valence electrons. The molecule has 0 radical (unpaired) electrons. The highest BCUT2D eigenvalue weighted by Gasteiger charge is 2.07. The molecule has 18 heavy (non-hydrogen) atoms. The van der Waals surface area contributed by atoms with Crippen LogP contribution in [0.2, 0.25) is 10.0 Å². The molecular formula is C14H11Cl3O. The first-order chi connectivity index (χ1) is 8.60. The predicted molar refractivity (Wildman–Crippen MR) is 77.3 cm³/mol. The molecule has 2 aromatic rings. The van der Waals surface area contributed by atoms with Gasteiger partial charge in [0.25, 0.3) is 0 Å². The minimum atomic E-state index is 0.485. The van der Waals surface area contributed by atoms with Crippen molar-refractivity contribution in [3.8, 4) is 11.5 Å². The standard InChI is InChI=1S/C14H11Cl3O/c1-9-6-10(8-15)2-5-13(9)18-14-7-11(16)3-4-12(14)17/h2-7H,8H2,1H3.